The highest BCUT2D eigenvalue weighted by Gasteiger charge is 2.18. The highest BCUT2D eigenvalue weighted by molar-refractivity contribution is 5.19. The Hall–Kier alpha value is -1.68. The number of hydrogen-bond acceptors (Lipinski definition) is 4. The Morgan fingerprint density at radius 2 is 2.17 bits per heavy atom. The summed E-state index contributed by atoms with van der Waals surface area (Å²) in [5.41, 5.74) is 0.892. The summed E-state index contributed by atoms with van der Waals surface area (Å²) < 4.78 is 5.82. The van der Waals surface area contributed by atoms with Crippen LogP contribution in [0.15, 0.2) is 35.1 Å². The fourth-order valence-electron chi connectivity index (χ4n) is 1.84. The zero-order chi connectivity index (χ0) is 12.8. The van der Waals surface area contributed by atoms with Gasteiger partial charge >= 0.3 is 0 Å². The van der Waals surface area contributed by atoms with Crippen molar-refractivity contribution in [2.75, 3.05) is 6.54 Å². The molecular weight excluding hydrogens is 226 g/mol. The minimum atomic E-state index is -0.0149. The summed E-state index contributed by atoms with van der Waals surface area (Å²) in [6.45, 7) is 5.14. The van der Waals surface area contributed by atoms with E-state index < -0.39 is 0 Å². The van der Waals surface area contributed by atoms with Crippen LogP contribution in [0.4, 0.5) is 0 Å². The molecule has 4 nitrogen and oxygen atoms in total. The van der Waals surface area contributed by atoms with E-state index in [0.717, 1.165) is 36.6 Å². The quantitative estimate of drug-likeness (QED) is 0.850. The molecule has 18 heavy (non-hydrogen) atoms. The van der Waals surface area contributed by atoms with Crippen LogP contribution < -0.4 is 5.32 Å². The lowest BCUT2D eigenvalue weighted by Crippen LogP contribution is -2.23. The smallest absolute Gasteiger partial charge is 0.127 e. The van der Waals surface area contributed by atoms with Crippen molar-refractivity contribution in [2.45, 2.75) is 32.7 Å². The molecule has 2 heterocycles. The molecule has 2 aromatic heterocycles. The molecule has 1 N–H and O–H groups in total. The van der Waals surface area contributed by atoms with Gasteiger partial charge in [-0.3, -0.25) is 9.97 Å². The topological polar surface area (TPSA) is 51.0 Å². The van der Waals surface area contributed by atoms with Crippen LogP contribution >= 0.6 is 0 Å². The van der Waals surface area contributed by atoms with Crippen LogP contribution in [0.2, 0.25) is 0 Å². The molecular formula is C14H19N3O. The highest BCUT2D eigenvalue weighted by atomic mass is 16.3. The molecule has 0 bridgehead atoms. The summed E-state index contributed by atoms with van der Waals surface area (Å²) in [7, 11) is 0. The van der Waals surface area contributed by atoms with Crippen molar-refractivity contribution in [1.29, 1.82) is 0 Å². The van der Waals surface area contributed by atoms with Crippen molar-refractivity contribution in [3.05, 3.63) is 47.9 Å². The molecule has 0 spiro atoms. The third-order valence-electron chi connectivity index (χ3n) is 2.79. The lowest BCUT2D eigenvalue weighted by atomic mass is 10.1. The predicted molar refractivity (Wildman–Crippen MR) is 70.3 cm³/mol. The van der Waals surface area contributed by atoms with E-state index in [1.807, 2.05) is 12.1 Å². The maximum Gasteiger partial charge on any atom is 0.127 e. The molecule has 2 aromatic rings. The molecule has 2 rings (SSSR count). The first kappa shape index (κ1) is 12.8. The summed E-state index contributed by atoms with van der Waals surface area (Å²) in [5, 5.41) is 3.44. The molecule has 1 atom stereocenters. The molecule has 1 unspecified atom stereocenters. The lowest BCUT2D eigenvalue weighted by molar-refractivity contribution is 0.417. The number of nitrogens with zero attached hydrogens (tertiary/aromatic N) is 2. The minimum absolute atomic E-state index is 0.0149. The first-order valence-electron chi connectivity index (χ1n) is 6.43. The van der Waals surface area contributed by atoms with Gasteiger partial charge in [-0.05, 0) is 25.1 Å². The second kappa shape index (κ2) is 6.31. The molecule has 0 fully saturated rings. The Kier molecular flexibility index (Phi) is 4.47. The van der Waals surface area contributed by atoms with Crippen LogP contribution in [0.3, 0.4) is 0 Å². The van der Waals surface area contributed by atoms with Crippen molar-refractivity contribution in [3.8, 4) is 0 Å². The molecule has 0 saturated heterocycles. The number of aryl methyl sites for hydroxylation is 1. The van der Waals surface area contributed by atoms with Gasteiger partial charge in [0.25, 0.3) is 0 Å². The van der Waals surface area contributed by atoms with Crippen LogP contribution in [-0.2, 0) is 6.42 Å². The van der Waals surface area contributed by atoms with E-state index in [2.05, 4.69) is 29.1 Å². The molecule has 0 aromatic carbocycles. The van der Waals surface area contributed by atoms with Gasteiger partial charge in [-0.2, -0.15) is 0 Å². The minimum Gasteiger partial charge on any atom is -0.464 e. The van der Waals surface area contributed by atoms with Gasteiger partial charge in [0.15, 0.2) is 0 Å². The van der Waals surface area contributed by atoms with E-state index in [4.69, 9.17) is 4.42 Å². The third-order valence-corrected chi connectivity index (χ3v) is 2.79. The van der Waals surface area contributed by atoms with Crippen molar-refractivity contribution >= 4 is 0 Å². The average Bonchev–Trinajstić information content (AvgIpc) is 2.89. The maximum absolute atomic E-state index is 5.82. The monoisotopic (exact) mass is 245 g/mol. The summed E-state index contributed by atoms with van der Waals surface area (Å²) >= 11 is 0. The first-order chi connectivity index (χ1) is 8.85. The number of hydrogen-bond donors (Lipinski definition) is 1. The largest absolute Gasteiger partial charge is 0.464 e. The van der Waals surface area contributed by atoms with Gasteiger partial charge in [-0.1, -0.05) is 13.8 Å². The highest BCUT2D eigenvalue weighted by Crippen LogP contribution is 2.22. The van der Waals surface area contributed by atoms with E-state index in [1.165, 1.54) is 0 Å². The van der Waals surface area contributed by atoms with Gasteiger partial charge in [0.1, 0.15) is 17.6 Å². The van der Waals surface area contributed by atoms with Gasteiger partial charge < -0.3 is 9.73 Å². The summed E-state index contributed by atoms with van der Waals surface area (Å²) in [6, 6.07) is 4.02. The Balaban J connectivity index is 2.24. The van der Waals surface area contributed by atoms with Crippen molar-refractivity contribution in [2.24, 2.45) is 0 Å². The van der Waals surface area contributed by atoms with Crippen LogP contribution in [0.25, 0.3) is 0 Å². The predicted octanol–water partition coefficient (Wildman–Crippen LogP) is 2.72. The van der Waals surface area contributed by atoms with E-state index in [0.29, 0.717) is 0 Å². The van der Waals surface area contributed by atoms with E-state index in [9.17, 15) is 0 Å². The molecule has 0 radical (unpaired) electrons. The zero-order valence-corrected chi connectivity index (χ0v) is 10.9. The molecule has 0 aliphatic carbocycles. The van der Waals surface area contributed by atoms with Gasteiger partial charge in [-0.15, -0.1) is 0 Å². The fraction of sp³-hybridized carbons (Fsp3) is 0.429. The van der Waals surface area contributed by atoms with Crippen LogP contribution in [-0.4, -0.2) is 16.5 Å². The van der Waals surface area contributed by atoms with Crippen LogP contribution in [0.5, 0.6) is 0 Å². The summed E-state index contributed by atoms with van der Waals surface area (Å²) in [6.07, 6.45) is 7.14. The van der Waals surface area contributed by atoms with Crippen LogP contribution in [0, 0.1) is 0 Å². The van der Waals surface area contributed by atoms with Gasteiger partial charge in [0.2, 0.25) is 0 Å². The van der Waals surface area contributed by atoms with Crippen molar-refractivity contribution < 1.29 is 4.42 Å². The Labute approximate surface area is 107 Å². The van der Waals surface area contributed by atoms with Gasteiger partial charge in [-0.25, -0.2) is 0 Å². The second-order valence-corrected chi connectivity index (χ2v) is 4.18. The Morgan fingerprint density at radius 3 is 2.78 bits per heavy atom. The number of aromatic nitrogens is 2. The third kappa shape index (κ3) is 2.96. The fourth-order valence-corrected chi connectivity index (χ4v) is 1.84. The van der Waals surface area contributed by atoms with Crippen LogP contribution in [0.1, 0.15) is 43.5 Å². The SMILES string of the molecule is CCCNC(c1cnccn1)c1ccc(CC)o1. The summed E-state index contributed by atoms with van der Waals surface area (Å²) in [4.78, 5) is 8.48. The van der Waals surface area contributed by atoms with E-state index in [-0.39, 0.29) is 6.04 Å². The van der Waals surface area contributed by atoms with Gasteiger partial charge in [0, 0.05) is 18.8 Å². The molecule has 4 heteroatoms. The number of nitrogens with one attached hydrogen (secondary N) is 1. The second-order valence-electron chi connectivity index (χ2n) is 4.18. The van der Waals surface area contributed by atoms with Crippen molar-refractivity contribution in [1.82, 2.24) is 15.3 Å². The lowest BCUT2D eigenvalue weighted by Gasteiger charge is -2.15. The molecule has 0 aliphatic rings. The molecule has 0 aliphatic heterocycles. The number of furan rings is 1. The number of rotatable bonds is 6. The molecule has 0 saturated carbocycles. The normalized spacial score (nSPS) is 12.6. The maximum atomic E-state index is 5.82. The first-order valence-corrected chi connectivity index (χ1v) is 6.43. The van der Waals surface area contributed by atoms with E-state index >= 15 is 0 Å². The standard InChI is InChI=1S/C14H19N3O/c1-3-7-17-14(12-10-15-8-9-16-12)13-6-5-11(4-2)18-13/h5-6,8-10,14,17H,3-4,7H2,1-2H3. The summed E-state index contributed by atoms with van der Waals surface area (Å²) in [5.74, 6) is 1.90. The van der Waals surface area contributed by atoms with Gasteiger partial charge in [0.05, 0.1) is 11.9 Å². The molecule has 0 amide bonds. The zero-order valence-electron chi connectivity index (χ0n) is 10.9. The molecule has 96 valence electrons. The van der Waals surface area contributed by atoms with Crippen molar-refractivity contribution in [3.63, 3.8) is 0 Å². The average molecular weight is 245 g/mol. The van der Waals surface area contributed by atoms with E-state index in [1.54, 1.807) is 18.6 Å². The Bertz CT molecular complexity index is 467. The Morgan fingerprint density at radius 1 is 1.28 bits per heavy atom.